The van der Waals surface area contributed by atoms with E-state index in [1.165, 1.54) is 6.07 Å². The van der Waals surface area contributed by atoms with Gasteiger partial charge < -0.3 is 5.73 Å². The molecule has 9 heteroatoms. The number of hydrogen-bond acceptors (Lipinski definition) is 4. The van der Waals surface area contributed by atoms with Crippen molar-refractivity contribution in [2.75, 3.05) is 10.5 Å². The van der Waals surface area contributed by atoms with Gasteiger partial charge in [0.25, 0.3) is 10.0 Å². The van der Waals surface area contributed by atoms with E-state index in [4.69, 9.17) is 5.73 Å². The Kier molecular flexibility index (Phi) is 3.53. The van der Waals surface area contributed by atoms with Gasteiger partial charge in [-0.05, 0) is 24.3 Å². The lowest BCUT2D eigenvalue weighted by Gasteiger charge is -2.09. The molecule has 0 saturated heterocycles. The van der Waals surface area contributed by atoms with Crippen LogP contribution in [0.2, 0.25) is 0 Å². The summed E-state index contributed by atoms with van der Waals surface area (Å²) in [5.41, 5.74) is 4.93. The Balaban J connectivity index is 2.46. The summed E-state index contributed by atoms with van der Waals surface area (Å²) in [6.07, 6.45) is 0. The number of benzene rings is 1. The van der Waals surface area contributed by atoms with E-state index in [-0.39, 0.29) is 5.69 Å². The molecule has 0 spiro atoms. The minimum atomic E-state index is -4.59. The number of pyridine rings is 1. The summed E-state index contributed by atoms with van der Waals surface area (Å²) in [6, 6.07) is 4.64. The number of hydrogen-bond donors (Lipinski definition) is 2. The number of nitrogens with two attached hydrogens (primary N) is 1. The van der Waals surface area contributed by atoms with Crippen LogP contribution in [0.3, 0.4) is 0 Å². The first-order valence-corrected chi connectivity index (χ1v) is 6.68. The van der Waals surface area contributed by atoms with Crippen molar-refractivity contribution in [1.29, 1.82) is 0 Å². The van der Waals surface area contributed by atoms with Crippen LogP contribution in [0.25, 0.3) is 0 Å². The van der Waals surface area contributed by atoms with Crippen molar-refractivity contribution < 1.29 is 21.6 Å². The number of nitrogens with one attached hydrogen (secondary N) is 1. The van der Waals surface area contributed by atoms with Gasteiger partial charge in [-0.2, -0.15) is 4.39 Å². The lowest BCUT2D eigenvalue weighted by molar-refractivity contribution is 0.522. The zero-order valence-electron chi connectivity index (χ0n) is 9.77. The van der Waals surface area contributed by atoms with E-state index in [9.17, 15) is 21.6 Å². The summed E-state index contributed by atoms with van der Waals surface area (Å²) in [7, 11) is -4.59. The average molecular weight is 303 g/mol. The lowest BCUT2D eigenvalue weighted by Crippen LogP contribution is -2.17. The predicted molar refractivity (Wildman–Crippen MR) is 65.8 cm³/mol. The van der Waals surface area contributed by atoms with E-state index < -0.39 is 38.3 Å². The Morgan fingerprint density at radius 2 is 1.70 bits per heavy atom. The topological polar surface area (TPSA) is 85.1 Å². The Hall–Kier alpha value is -2.29. The van der Waals surface area contributed by atoms with Crippen LogP contribution in [0, 0.1) is 17.6 Å². The quantitative estimate of drug-likeness (QED) is 0.669. The van der Waals surface area contributed by atoms with Crippen LogP contribution in [0.5, 0.6) is 0 Å². The largest absolute Gasteiger partial charge is 0.399 e. The first-order valence-electron chi connectivity index (χ1n) is 5.19. The highest BCUT2D eigenvalue weighted by molar-refractivity contribution is 7.92. The third-order valence-electron chi connectivity index (χ3n) is 2.24. The monoisotopic (exact) mass is 303 g/mol. The molecule has 0 unspecified atom stereocenters. The van der Waals surface area contributed by atoms with Gasteiger partial charge in [0.05, 0.1) is 0 Å². The Bertz CT molecular complexity index is 742. The van der Waals surface area contributed by atoms with Crippen molar-refractivity contribution in [2.45, 2.75) is 4.90 Å². The van der Waals surface area contributed by atoms with Crippen LogP contribution in [-0.4, -0.2) is 13.4 Å². The lowest BCUT2D eigenvalue weighted by atomic mass is 10.3. The maximum absolute atomic E-state index is 13.6. The summed E-state index contributed by atoms with van der Waals surface area (Å²) in [4.78, 5) is 2.02. The maximum atomic E-state index is 13.6. The molecular weight excluding hydrogens is 295 g/mol. The molecule has 0 saturated carbocycles. The van der Waals surface area contributed by atoms with Gasteiger partial charge in [0.1, 0.15) is 17.5 Å². The first kappa shape index (κ1) is 14.1. The van der Waals surface area contributed by atoms with Crippen LogP contribution < -0.4 is 10.5 Å². The molecule has 5 nitrogen and oxygen atoms in total. The second-order valence-corrected chi connectivity index (χ2v) is 5.38. The van der Waals surface area contributed by atoms with Gasteiger partial charge in [0, 0.05) is 5.69 Å². The van der Waals surface area contributed by atoms with Crippen molar-refractivity contribution in [3.05, 3.63) is 47.9 Å². The van der Waals surface area contributed by atoms with Crippen molar-refractivity contribution in [2.24, 2.45) is 0 Å². The van der Waals surface area contributed by atoms with Crippen LogP contribution >= 0.6 is 0 Å². The van der Waals surface area contributed by atoms with Gasteiger partial charge in [-0.3, -0.25) is 4.72 Å². The standard InChI is InChI=1S/C11H8F3N3O2S/c12-7-4-6(15)5-8(13)11(7)20(18,19)17-10-3-1-2-9(14)16-10/h1-5H,15H2,(H,16,17). The van der Waals surface area contributed by atoms with Crippen molar-refractivity contribution in [1.82, 2.24) is 4.98 Å². The molecule has 0 aliphatic heterocycles. The molecule has 1 heterocycles. The van der Waals surface area contributed by atoms with Crippen LogP contribution in [0.15, 0.2) is 35.2 Å². The highest BCUT2D eigenvalue weighted by atomic mass is 32.2. The molecule has 0 fully saturated rings. The molecule has 1 aromatic carbocycles. The smallest absolute Gasteiger partial charge is 0.268 e. The Morgan fingerprint density at radius 1 is 1.10 bits per heavy atom. The third-order valence-corrected chi connectivity index (χ3v) is 3.65. The second kappa shape index (κ2) is 5.00. The maximum Gasteiger partial charge on any atom is 0.268 e. The fraction of sp³-hybridized carbons (Fsp3) is 0. The van der Waals surface area contributed by atoms with Gasteiger partial charge in [-0.15, -0.1) is 0 Å². The van der Waals surface area contributed by atoms with E-state index in [0.29, 0.717) is 12.1 Å². The highest BCUT2D eigenvalue weighted by Crippen LogP contribution is 2.23. The number of nitrogens with zero attached hydrogens (tertiary/aromatic N) is 1. The Labute approximate surface area is 112 Å². The van der Waals surface area contributed by atoms with Gasteiger partial charge in [0.2, 0.25) is 5.95 Å². The molecule has 106 valence electrons. The summed E-state index contributed by atoms with van der Waals surface area (Å²) in [6.45, 7) is 0. The minimum Gasteiger partial charge on any atom is -0.399 e. The zero-order valence-corrected chi connectivity index (χ0v) is 10.6. The summed E-state index contributed by atoms with van der Waals surface area (Å²) in [5.74, 6) is -4.05. The predicted octanol–water partition coefficient (Wildman–Crippen LogP) is 1.88. The normalized spacial score (nSPS) is 11.3. The zero-order chi connectivity index (χ0) is 14.9. The molecule has 0 atom stereocenters. The molecule has 0 aliphatic rings. The summed E-state index contributed by atoms with van der Waals surface area (Å²) in [5, 5.41) is 0. The number of anilines is 2. The molecule has 0 aliphatic carbocycles. The molecule has 3 N–H and O–H groups in total. The van der Waals surface area contributed by atoms with E-state index in [1.807, 2.05) is 0 Å². The summed E-state index contributed by atoms with van der Waals surface area (Å²) >= 11 is 0. The number of sulfonamides is 1. The van der Waals surface area contributed by atoms with Gasteiger partial charge in [-0.25, -0.2) is 22.2 Å². The molecule has 2 aromatic rings. The fourth-order valence-corrected chi connectivity index (χ4v) is 2.61. The molecule has 0 amide bonds. The third kappa shape index (κ3) is 2.82. The van der Waals surface area contributed by atoms with Crippen LogP contribution in [-0.2, 0) is 10.0 Å². The van der Waals surface area contributed by atoms with Crippen molar-refractivity contribution in [3.8, 4) is 0 Å². The van der Waals surface area contributed by atoms with Gasteiger partial charge >= 0.3 is 0 Å². The summed E-state index contributed by atoms with van der Waals surface area (Å²) < 4.78 is 65.5. The van der Waals surface area contributed by atoms with Crippen LogP contribution in [0.4, 0.5) is 24.7 Å². The van der Waals surface area contributed by atoms with Gasteiger partial charge in [0.15, 0.2) is 4.90 Å². The van der Waals surface area contributed by atoms with Crippen LogP contribution in [0.1, 0.15) is 0 Å². The molecular formula is C11H8F3N3O2S. The fourth-order valence-electron chi connectivity index (χ4n) is 1.49. The average Bonchev–Trinajstić information content (AvgIpc) is 2.25. The van der Waals surface area contributed by atoms with Crippen molar-refractivity contribution in [3.63, 3.8) is 0 Å². The van der Waals surface area contributed by atoms with E-state index in [0.717, 1.165) is 12.1 Å². The molecule has 2 rings (SSSR count). The SMILES string of the molecule is Nc1cc(F)c(S(=O)(=O)Nc2cccc(F)n2)c(F)c1. The number of aromatic nitrogens is 1. The molecule has 0 bridgehead atoms. The molecule has 20 heavy (non-hydrogen) atoms. The number of nitrogen functional groups attached to an aromatic ring is 1. The molecule has 1 aromatic heterocycles. The first-order chi connectivity index (χ1) is 9.29. The second-order valence-electron chi connectivity index (χ2n) is 3.76. The number of halogens is 3. The van der Waals surface area contributed by atoms with E-state index >= 15 is 0 Å². The Morgan fingerprint density at radius 3 is 2.25 bits per heavy atom. The number of rotatable bonds is 3. The van der Waals surface area contributed by atoms with Crippen molar-refractivity contribution >= 4 is 21.5 Å². The highest BCUT2D eigenvalue weighted by Gasteiger charge is 2.25. The van der Waals surface area contributed by atoms with E-state index in [1.54, 1.807) is 4.72 Å². The van der Waals surface area contributed by atoms with Gasteiger partial charge in [-0.1, -0.05) is 6.07 Å². The van der Waals surface area contributed by atoms with E-state index in [2.05, 4.69) is 4.98 Å². The molecule has 0 radical (unpaired) electrons. The minimum absolute atomic E-state index is 0.261.